The largest absolute Gasteiger partial charge is 0.462 e. The first-order valence-electron chi connectivity index (χ1n) is 7.75. The molecule has 0 saturated carbocycles. The Labute approximate surface area is 146 Å². The van der Waals surface area contributed by atoms with Crippen molar-refractivity contribution in [1.29, 1.82) is 0 Å². The van der Waals surface area contributed by atoms with Crippen LogP contribution in [0.3, 0.4) is 0 Å². The highest BCUT2D eigenvalue weighted by Gasteiger charge is 2.14. The second kappa shape index (κ2) is 10.0. The van der Waals surface area contributed by atoms with Gasteiger partial charge in [0.15, 0.2) is 0 Å². The summed E-state index contributed by atoms with van der Waals surface area (Å²) in [5.41, 5.74) is 14.2. The molecule has 0 aliphatic heterocycles. The van der Waals surface area contributed by atoms with Crippen molar-refractivity contribution >= 4 is 29.3 Å². The van der Waals surface area contributed by atoms with Gasteiger partial charge in [0.25, 0.3) is 0 Å². The van der Waals surface area contributed by atoms with E-state index >= 15 is 0 Å². The number of carbonyl (C=O) groups is 3. The van der Waals surface area contributed by atoms with Crippen LogP contribution in [0, 0.1) is 0 Å². The highest BCUT2D eigenvalue weighted by molar-refractivity contribution is 5.95. The Morgan fingerprint density at radius 2 is 1.88 bits per heavy atom. The van der Waals surface area contributed by atoms with Gasteiger partial charge in [0.2, 0.25) is 5.91 Å². The lowest BCUT2D eigenvalue weighted by molar-refractivity contribution is -0.116. The number of nitrogens with two attached hydrogens (primary N) is 2. The minimum atomic E-state index is -0.788. The standard InChI is InChI=1S/C16H23N5O4/c1-3-25-15(23)12-4-6-14(7-5-12)21(11(2)22)9-8-13(10-17)19-20-16(18)24/h4-7H,3,8-10,17H2,1-2H3,(H3,18,20,24). The summed E-state index contributed by atoms with van der Waals surface area (Å²) in [5, 5.41) is 3.79. The number of hydrogen-bond acceptors (Lipinski definition) is 6. The Morgan fingerprint density at radius 1 is 1.24 bits per heavy atom. The summed E-state index contributed by atoms with van der Waals surface area (Å²) in [6.07, 6.45) is 0.357. The van der Waals surface area contributed by atoms with Crippen LogP contribution in [0.2, 0.25) is 0 Å². The topological polar surface area (TPSA) is 140 Å². The molecule has 0 atom stereocenters. The van der Waals surface area contributed by atoms with Gasteiger partial charge in [0.05, 0.1) is 17.9 Å². The molecule has 0 unspecified atom stereocenters. The highest BCUT2D eigenvalue weighted by Crippen LogP contribution is 2.17. The molecule has 0 bridgehead atoms. The molecule has 5 N–H and O–H groups in total. The van der Waals surface area contributed by atoms with E-state index in [2.05, 4.69) is 10.5 Å². The molecule has 0 heterocycles. The third-order valence-corrected chi connectivity index (χ3v) is 3.25. The van der Waals surface area contributed by atoms with Crippen LogP contribution in [0.1, 0.15) is 30.6 Å². The average Bonchev–Trinajstić information content (AvgIpc) is 2.58. The molecule has 3 amide bonds. The number of rotatable bonds is 8. The molecule has 0 aliphatic rings. The molecule has 0 aromatic heterocycles. The van der Waals surface area contributed by atoms with Crippen molar-refractivity contribution in [2.45, 2.75) is 20.3 Å². The van der Waals surface area contributed by atoms with Gasteiger partial charge in [0.1, 0.15) is 0 Å². The first-order valence-corrected chi connectivity index (χ1v) is 7.75. The lowest BCUT2D eigenvalue weighted by atomic mass is 10.1. The molecule has 25 heavy (non-hydrogen) atoms. The maximum absolute atomic E-state index is 11.9. The van der Waals surface area contributed by atoms with Gasteiger partial charge in [0, 0.05) is 32.1 Å². The van der Waals surface area contributed by atoms with Gasteiger partial charge in [-0.1, -0.05) is 0 Å². The first-order chi connectivity index (χ1) is 11.9. The molecule has 0 fully saturated rings. The Balaban J connectivity index is 2.83. The van der Waals surface area contributed by atoms with E-state index in [1.54, 1.807) is 31.2 Å². The lowest BCUT2D eigenvalue weighted by Crippen LogP contribution is -2.33. The Morgan fingerprint density at radius 3 is 2.36 bits per heavy atom. The molecule has 1 rings (SSSR count). The fourth-order valence-corrected chi connectivity index (χ4v) is 2.04. The zero-order valence-corrected chi connectivity index (χ0v) is 14.3. The van der Waals surface area contributed by atoms with Crippen molar-refractivity contribution in [2.75, 3.05) is 24.6 Å². The van der Waals surface area contributed by atoms with Crippen molar-refractivity contribution in [3.05, 3.63) is 29.8 Å². The van der Waals surface area contributed by atoms with E-state index in [0.29, 0.717) is 36.5 Å². The van der Waals surface area contributed by atoms with Crippen LogP contribution in [0.15, 0.2) is 29.4 Å². The number of hydrogen-bond donors (Lipinski definition) is 3. The number of ether oxygens (including phenoxy) is 1. The normalized spacial score (nSPS) is 10.9. The van der Waals surface area contributed by atoms with Crippen molar-refractivity contribution in [3.8, 4) is 0 Å². The summed E-state index contributed by atoms with van der Waals surface area (Å²) >= 11 is 0. The number of urea groups is 1. The third-order valence-electron chi connectivity index (χ3n) is 3.25. The summed E-state index contributed by atoms with van der Waals surface area (Å²) in [4.78, 5) is 35.8. The quantitative estimate of drug-likeness (QED) is 0.358. The van der Waals surface area contributed by atoms with E-state index in [4.69, 9.17) is 16.2 Å². The Bertz CT molecular complexity index is 642. The fourth-order valence-electron chi connectivity index (χ4n) is 2.04. The minimum Gasteiger partial charge on any atom is -0.462 e. The maximum atomic E-state index is 11.9. The second-order valence-electron chi connectivity index (χ2n) is 5.05. The molecule has 9 heteroatoms. The van der Waals surface area contributed by atoms with E-state index in [1.807, 2.05) is 0 Å². The second-order valence-corrected chi connectivity index (χ2v) is 5.05. The van der Waals surface area contributed by atoms with Crippen molar-refractivity contribution < 1.29 is 19.1 Å². The number of primary amides is 1. The summed E-state index contributed by atoms with van der Waals surface area (Å²) in [7, 11) is 0. The van der Waals surface area contributed by atoms with E-state index in [1.165, 1.54) is 11.8 Å². The van der Waals surface area contributed by atoms with Crippen LogP contribution >= 0.6 is 0 Å². The first kappa shape index (κ1) is 20.1. The summed E-state index contributed by atoms with van der Waals surface area (Å²) in [5.74, 6) is -0.596. The number of carbonyl (C=O) groups excluding carboxylic acids is 3. The molecule has 136 valence electrons. The average molecular weight is 349 g/mol. The minimum absolute atomic E-state index is 0.119. The monoisotopic (exact) mass is 349 g/mol. The highest BCUT2D eigenvalue weighted by atomic mass is 16.5. The number of nitrogens with zero attached hydrogens (tertiary/aromatic N) is 2. The van der Waals surface area contributed by atoms with Crippen LogP contribution in [0.25, 0.3) is 0 Å². The molecule has 0 spiro atoms. The number of benzene rings is 1. The van der Waals surface area contributed by atoms with Crippen LogP contribution < -0.4 is 21.8 Å². The summed E-state index contributed by atoms with van der Waals surface area (Å²) in [6, 6.07) is 5.72. The van der Waals surface area contributed by atoms with Crippen LogP contribution in [0.5, 0.6) is 0 Å². The van der Waals surface area contributed by atoms with Crippen molar-refractivity contribution in [2.24, 2.45) is 16.6 Å². The van der Waals surface area contributed by atoms with Crippen LogP contribution in [-0.2, 0) is 9.53 Å². The number of nitrogens with one attached hydrogen (secondary N) is 1. The number of esters is 1. The molecule has 0 saturated heterocycles. The van der Waals surface area contributed by atoms with E-state index in [0.717, 1.165) is 0 Å². The predicted octanol–water partition coefficient (Wildman–Crippen LogP) is 0.589. The molecule has 0 aliphatic carbocycles. The van der Waals surface area contributed by atoms with Crippen LogP contribution in [-0.4, -0.2) is 43.3 Å². The number of amides is 3. The van der Waals surface area contributed by atoms with E-state index in [-0.39, 0.29) is 12.5 Å². The number of anilines is 1. The molecular formula is C16H23N5O4. The summed E-state index contributed by atoms with van der Waals surface area (Å²) in [6.45, 7) is 3.88. The predicted molar refractivity (Wildman–Crippen MR) is 94.3 cm³/mol. The van der Waals surface area contributed by atoms with Gasteiger partial charge in [-0.3, -0.25) is 4.79 Å². The SMILES string of the molecule is CCOC(=O)c1ccc(N(CCC(CN)=NNC(N)=O)C(C)=O)cc1. The van der Waals surface area contributed by atoms with Crippen molar-refractivity contribution in [3.63, 3.8) is 0 Å². The molecule has 0 radical (unpaired) electrons. The van der Waals surface area contributed by atoms with Gasteiger partial charge in [-0.2, -0.15) is 5.10 Å². The Hall–Kier alpha value is -2.94. The third kappa shape index (κ3) is 6.60. The molecule has 1 aromatic carbocycles. The molecule has 1 aromatic rings. The van der Waals surface area contributed by atoms with Gasteiger partial charge >= 0.3 is 12.0 Å². The smallest absolute Gasteiger partial charge is 0.338 e. The van der Waals surface area contributed by atoms with Gasteiger partial charge in [-0.25, -0.2) is 15.0 Å². The van der Waals surface area contributed by atoms with Crippen molar-refractivity contribution in [1.82, 2.24) is 5.43 Å². The van der Waals surface area contributed by atoms with E-state index < -0.39 is 12.0 Å². The van der Waals surface area contributed by atoms with E-state index in [9.17, 15) is 14.4 Å². The van der Waals surface area contributed by atoms with Crippen LogP contribution in [0.4, 0.5) is 10.5 Å². The van der Waals surface area contributed by atoms with Gasteiger partial charge in [-0.05, 0) is 31.2 Å². The van der Waals surface area contributed by atoms with Gasteiger partial charge in [-0.15, -0.1) is 0 Å². The fraction of sp³-hybridized carbons (Fsp3) is 0.375. The summed E-state index contributed by atoms with van der Waals surface area (Å²) < 4.78 is 4.92. The Kier molecular flexibility index (Phi) is 8.07. The lowest BCUT2D eigenvalue weighted by Gasteiger charge is -2.21. The zero-order chi connectivity index (χ0) is 18.8. The molecule has 9 nitrogen and oxygen atoms in total. The zero-order valence-electron chi connectivity index (χ0n) is 14.3. The maximum Gasteiger partial charge on any atom is 0.338 e. The molecular weight excluding hydrogens is 326 g/mol. The number of hydrazone groups is 1. The van der Waals surface area contributed by atoms with Gasteiger partial charge < -0.3 is 21.1 Å².